The molecule has 4 heteroatoms. The number of rotatable bonds is 6. The zero-order valence-electron chi connectivity index (χ0n) is 14.9. The highest BCUT2D eigenvalue weighted by Gasteiger charge is 2.25. The fourth-order valence-corrected chi connectivity index (χ4v) is 3.18. The summed E-state index contributed by atoms with van der Waals surface area (Å²) in [6, 6.07) is 12.0. The second-order valence-electron chi connectivity index (χ2n) is 6.36. The lowest BCUT2D eigenvalue weighted by Crippen LogP contribution is -2.36. The van der Waals surface area contributed by atoms with Gasteiger partial charge in [-0.2, -0.15) is 0 Å². The van der Waals surface area contributed by atoms with Crippen LogP contribution in [0, 0.1) is 0 Å². The van der Waals surface area contributed by atoms with E-state index in [2.05, 4.69) is 29.4 Å². The van der Waals surface area contributed by atoms with Crippen molar-refractivity contribution in [3.63, 3.8) is 0 Å². The second kappa shape index (κ2) is 7.97. The highest BCUT2D eigenvalue weighted by Crippen LogP contribution is 2.24. The highest BCUT2D eigenvalue weighted by atomic mass is 16.2. The number of aromatic nitrogens is 1. The fraction of sp³-hybridized carbons (Fsp3) is 0.333. The van der Waals surface area contributed by atoms with Gasteiger partial charge in [-0.05, 0) is 36.2 Å². The van der Waals surface area contributed by atoms with Crippen molar-refractivity contribution in [2.24, 2.45) is 0 Å². The molecule has 1 aromatic carbocycles. The topological polar surface area (TPSA) is 45.2 Å². The number of carbonyl (C=O) groups is 1. The van der Waals surface area contributed by atoms with Crippen LogP contribution in [0.1, 0.15) is 36.5 Å². The number of hydrogen-bond acceptors (Lipinski definition) is 3. The summed E-state index contributed by atoms with van der Waals surface area (Å²) in [4.78, 5) is 19.3. The molecular weight excluding hydrogens is 310 g/mol. The largest absolute Gasteiger partial charge is 0.373 e. The predicted octanol–water partition coefficient (Wildman–Crippen LogP) is 4.36. The van der Waals surface area contributed by atoms with Crippen molar-refractivity contribution in [1.29, 1.82) is 0 Å². The molecule has 0 bridgehead atoms. The first-order valence-electron chi connectivity index (χ1n) is 8.94. The maximum absolute atomic E-state index is 13.0. The molecule has 3 rings (SSSR count). The molecule has 0 radical (unpaired) electrons. The predicted molar refractivity (Wildman–Crippen MR) is 103 cm³/mol. The van der Waals surface area contributed by atoms with E-state index < -0.39 is 0 Å². The van der Waals surface area contributed by atoms with Gasteiger partial charge in [0.05, 0.1) is 6.04 Å². The van der Waals surface area contributed by atoms with Crippen molar-refractivity contribution in [2.75, 3.05) is 18.9 Å². The molecule has 1 N–H and O–H groups in total. The lowest BCUT2D eigenvalue weighted by atomic mass is 10.0. The summed E-state index contributed by atoms with van der Waals surface area (Å²) < 4.78 is 0. The molecule has 1 amide bonds. The molecule has 1 aromatic heterocycles. The van der Waals surface area contributed by atoms with E-state index in [4.69, 9.17) is 0 Å². The van der Waals surface area contributed by atoms with Crippen LogP contribution in [0.15, 0.2) is 54.7 Å². The van der Waals surface area contributed by atoms with E-state index >= 15 is 0 Å². The summed E-state index contributed by atoms with van der Waals surface area (Å²) in [5.41, 5.74) is 2.76. The molecule has 1 aliphatic heterocycles. The van der Waals surface area contributed by atoms with Gasteiger partial charge < -0.3 is 10.2 Å². The van der Waals surface area contributed by atoms with Crippen LogP contribution in [-0.4, -0.2) is 35.4 Å². The van der Waals surface area contributed by atoms with Gasteiger partial charge in [0.1, 0.15) is 5.82 Å². The van der Waals surface area contributed by atoms with Crippen molar-refractivity contribution < 1.29 is 4.79 Å². The maximum atomic E-state index is 13.0. The summed E-state index contributed by atoms with van der Waals surface area (Å²) in [7, 11) is 1.85. The third-order valence-corrected chi connectivity index (χ3v) is 4.64. The number of anilines is 1. The summed E-state index contributed by atoms with van der Waals surface area (Å²) in [5.74, 6) is 0.936. The van der Waals surface area contributed by atoms with Gasteiger partial charge in [0.15, 0.2) is 0 Å². The van der Waals surface area contributed by atoms with Crippen LogP contribution < -0.4 is 5.32 Å². The number of benzene rings is 1. The smallest absolute Gasteiger partial charge is 0.254 e. The monoisotopic (exact) mass is 335 g/mol. The third kappa shape index (κ3) is 3.90. The summed E-state index contributed by atoms with van der Waals surface area (Å²) in [6.07, 6.45) is 9.42. The Hall–Kier alpha value is -2.62. The lowest BCUT2D eigenvalue weighted by molar-refractivity contribution is 0.0743. The van der Waals surface area contributed by atoms with Crippen LogP contribution in [0.2, 0.25) is 0 Å². The Kier molecular flexibility index (Phi) is 5.49. The van der Waals surface area contributed by atoms with Gasteiger partial charge >= 0.3 is 0 Å². The molecule has 0 fully saturated rings. The van der Waals surface area contributed by atoms with Crippen LogP contribution in [0.3, 0.4) is 0 Å². The Morgan fingerprint density at radius 1 is 1.28 bits per heavy atom. The average Bonchev–Trinajstić information content (AvgIpc) is 3.14. The van der Waals surface area contributed by atoms with Gasteiger partial charge in [0.2, 0.25) is 0 Å². The molecule has 1 atom stereocenters. The van der Waals surface area contributed by atoms with E-state index in [1.807, 2.05) is 54.5 Å². The minimum Gasteiger partial charge on any atom is -0.373 e. The van der Waals surface area contributed by atoms with Crippen molar-refractivity contribution >= 4 is 11.7 Å². The molecule has 1 aliphatic rings. The second-order valence-corrected chi connectivity index (χ2v) is 6.36. The normalized spacial score (nSPS) is 16.2. The number of nitrogens with zero attached hydrogens (tertiary/aromatic N) is 2. The van der Waals surface area contributed by atoms with Gasteiger partial charge in [-0.25, -0.2) is 4.98 Å². The van der Waals surface area contributed by atoms with E-state index in [1.165, 1.54) is 0 Å². The summed E-state index contributed by atoms with van der Waals surface area (Å²) in [6.45, 7) is 2.89. The molecular formula is C21H25N3O. The highest BCUT2D eigenvalue weighted by molar-refractivity contribution is 5.96. The molecule has 0 unspecified atom stereocenters. The zero-order valence-corrected chi connectivity index (χ0v) is 14.9. The van der Waals surface area contributed by atoms with Crippen LogP contribution in [0.4, 0.5) is 5.82 Å². The fourth-order valence-electron chi connectivity index (χ4n) is 3.18. The number of carbonyl (C=O) groups excluding carboxylic acids is 1. The lowest BCUT2D eigenvalue weighted by Gasteiger charge is -2.25. The Morgan fingerprint density at radius 3 is 2.88 bits per heavy atom. The quantitative estimate of drug-likeness (QED) is 0.798. The van der Waals surface area contributed by atoms with Crippen molar-refractivity contribution in [3.05, 3.63) is 60.3 Å². The van der Waals surface area contributed by atoms with Gasteiger partial charge in [-0.3, -0.25) is 4.79 Å². The first-order valence-corrected chi connectivity index (χ1v) is 8.94. The van der Waals surface area contributed by atoms with Gasteiger partial charge in [0, 0.05) is 30.9 Å². The number of unbranched alkanes of at least 4 members (excludes halogenated alkanes) is 1. The average molecular weight is 335 g/mol. The molecule has 0 aliphatic carbocycles. The SMILES string of the molecule is CCCC[C@@H]1C=CCN1C(=O)c1cccc(-c2ccc(NC)nc2)c1. The van der Waals surface area contributed by atoms with E-state index in [0.29, 0.717) is 6.54 Å². The van der Waals surface area contributed by atoms with Gasteiger partial charge in [-0.1, -0.05) is 44.1 Å². The molecule has 0 saturated heterocycles. The van der Waals surface area contributed by atoms with Crippen molar-refractivity contribution in [1.82, 2.24) is 9.88 Å². The molecule has 25 heavy (non-hydrogen) atoms. The first kappa shape index (κ1) is 17.2. The van der Waals surface area contributed by atoms with E-state index in [0.717, 1.165) is 41.8 Å². The Labute approximate surface area is 149 Å². The molecule has 2 heterocycles. The van der Waals surface area contributed by atoms with Gasteiger partial charge in [0.25, 0.3) is 5.91 Å². The van der Waals surface area contributed by atoms with Crippen LogP contribution in [0.5, 0.6) is 0 Å². The number of hydrogen-bond donors (Lipinski definition) is 1. The molecule has 2 aromatic rings. The summed E-state index contributed by atoms with van der Waals surface area (Å²) >= 11 is 0. The van der Waals surface area contributed by atoms with Crippen LogP contribution in [-0.2, 0) is 0 Å². The van der Waals surface area contributed by atoms with Crippen molar-refractivity contribution in [3.8, 4) is 11.1 Å². The Bertz CT molecular complexity index is 752. The molecule has 0 spiro atoms. The van der Waals surface area contributed by atoms with Crippen LogP contribution >= 0.6 is 0 Å². The first-order chi connectivity index (χ1) is 12.2. The number of amides is 1. The molecule has 0 saturated carbocycles. The maximum Gasteiger partial charge on any atom is 0.254 e. The van der Waals surface area contributed by atoms with E-state index in [9.17, 15) is 4.79 Å². The molecule has 130 valence electrons. The van der Waals surface area contributed by atoms with E-state index in [1.54, 1.807) is 0 Å². The minimum atomic E-state index is 0.104. The minimum absolute atomic E-state index is 0.104. The molecule has 4 nitrogen and oxygen atoms in total. The number of nitrogens with one attached hydrogen (secondary N) is 1. The summed E-state index contributed by atoms with van der Waals surface area (Å²) in [5, 5.41) is 3.02. The third-order valence-electron chi connectivity index (χ3n) is 4.64. The number of pyridine rings is 1. The standard InChI is InChI=1S/C21H25N3O/c1-3-4-9-19-10-6-13-24(19)21(25)17-8-5-7-16(14-17)18-11-12-20(22-2)23-15-18/h5-8,10-12,14-15,19H,3-4,9,13H2,1-2H3,(H,22,23)/t19-/m1/s1. The van der Waals surface area contributed by atoms with Gasteiger partial charge in [-0.15, -0.1) is 0 Å². The van der Waals surface area contributed by atoms with Crippen LogP contribution in [0.25, 0.3) is 11.1 Å². The van der Waals surface area contributed by atoms with E-state index in [-0.39, 0.29) is 11.9 Å². The Morgan fingerprint density at radius 2 is 2.16 bits per heavy atom. The Balaban J connectivity index is 1.79. The van der Waals surface area contributed by atoms with Crippen molar-refractivity contribution in [2.45, 2.75) is 32.2 Å². The zero-order chi connectivity index (χ0) is 17.6.